The second kappa shape index (κ2) is 6.85. The number of pyridine rings is 1. The summed E-state index contributed by atoms with van der Waals surface area (Å²) in [6.45, 7) is 5.98. The maximum atomic E-state index is 12.1. The van der Waals surface area contributed by atoms with Gasteiger partial charge in [0, 0.05) is 11.9 Å². The third-order valence-electron chi connectivity index (χ3n) is 3.28. The van der Waals surface area contributed by atoms with Crippen LogP contribution in [-0.4, -0.2) is 16.8 Å². The van der Waals surface area contributed by atoms with Gasteiger partial charge in [0.1, 0.15) is 5.82 Å². The number of carbonyl (C=O) groups is 2. The van der Waals surface area contributed by atoms with Crippen LogP contribution in [0, 0.1) is 6.92 Å². The zero-order valence-electron chi connectivity index (χ0n) is 12.9. The number of aromatic nitrogens is 1. The van der Waals surface area contributed by atoms with Gasteiger partial charge in [-0.1, -0.05) is 38.1 Å². The van der Waals surface area contributed by atoms with Crippen LogP contribution in [0.4, 0.5) is 11.5 Å². The first kappa shape index (κ1) is 15.7. The van der Waals surface area contributed by atoms with E-state index in [9.17, 15) is 9.59 Å². The van der Waals surface area contributed by atoms with Crippen molar-refractivity contribution >= 4 is 23.3 Å². The fourth-order valence-corrected chi connectivity index (χ4v) is 2.12. The van der Waals surface area contributed by atoms with Crippen molar-refractivity contribution < 1.29 is 9.59 Å². The van der Waals surface area contributed by atoms with E-state index in [1.807, 2.05) is 39.0 Å². The molecule has 0 aliphatic heterocycles. The summed E-state index contributed by atoms with van der Waals surface area (Å²) in [5, 5.41) is 5.17. The van der Waals surface area contributed by atoms with Crippen molar-refractivity contribution in [3.63, 3.8) is 0 Å². The molecule has 114 valence electrons. The Kier molecular flexibility index (Phi) is 4.88. The van der Waals surface area contributed by atoms with Crippen LogP contribution in [0.15, 0.2) is 42.6 Å². The zero-order valence-corrected chi connectivity index (χ0v) is 12.9. The average molecular weight is 297 g/mol. The molecule has 22 heavy (non-hydrogen) atoms. The van der Waals surface area contributed by atoms with Gasteiger partial charge in [0.15, 0.2) is 0 Å². The molecule has 0 bridgehead atoms. The van der Waals surface area contributed by atoms with Gasteiger partial charge < -0.3 is 10.6 Å². The fourth-order valence-electron chi connectivity index (χ4n) is 2.12. The van der Waals surface area contributed by atoms with E-state index in [4.69, 9.17) is 0 Å². The predicted octanol–water partition coefficient (Wildman–Crippen LogP) is 3.09. The molecule has 0 spiro atoms. The summed E-state index contributed by atoms with van der Waals surface area (Å²) in [6.07, 6.45) is 1.55. The molecule has 2 aromatic rings. The molecule has 0 unspecified atom stereocenters. The number of hydrogen-bond donors (Lipinski definition) is 2. The van der Waals surface area contributed by atoms with Crippen LogP contribution in [0.5, 0.6) is 0 Å². The molecule has 0 fully saturated rings. The quantitative estimate of drug-likeness (QED) is 0.855. The second-order valence-corrected chi connectivity index (χ2v) is 5.32. The first-order valence-electron chi connectivity index (χ1n) is 7.12. The molecule has 2 amide bonds. The Labute approximate surface area is 129 Å². The Morgan fingerprint density at radius 2 is 1.73 bits per heavy atom. The molecule has 0 atom stereocenters. The van der Waals surface area contributed by atoms with Gasteiger partial charge in [-0.15, -0.1) is 0 Å². The van der Waals surface area contributed by atoms with Gasteiger partial charge >= 0.3 is 11.8 Å². The minimum Gasteiger partial charge on any atom is -0.317 e. The molecule has 0 saturated heterocycles. The number of nitrogens with one attached hydrogen (secondary N) is 2. The van der Waals surface area contributed by atoms with Gasteiger partial charge in [-0.05, 0) is 36.1 Å². The summed E-state index contributed by atoms with van der Waals surface area (Å²) in [6, 6.07) is 10.9. The normalized spacial score (nSPS) is 10.4. The molecule has 0 aliphatic rings. The highest BCUT2D eigenvalue weighted by atomic mass is 16.2. The van der Waals surface area contributed by atoms with Crippen LogP contribution in [-0.2, 0) is 9.59 Å². The lowest BCUT2D eigenvalue weighted by atomic mass is 9.98. The molecule has 2 N–H and O–H groups in total. The number of amides is 2. The molecule has 1 aromatic heterocycles. The Hall–Kier alpha value is -2.69. The van der Waals surface area contributed by atoms with Crippen molar-refractivity contribution in [3.8, 4) is 0 Å². The van der Waals surface area contributed by atoms with Crippen molar-refractivity contribution in [2.24, 2.45) is 0 Å². The van der Waals surface area contributed by atoms with Crippen molar-refractivity contribution in [1.82, 2.24) is 4.98 Å². The Morgan fingerprint density at radius 3 is 2.36 bits per heavy atom. The van der Waals surface area contributed by atoms with E-state index in [0.717, 1.165) is 11.1 Å². The molecular formula is C17H19N3O2. The maximum Gasteiger partial charge on any atom is 0.315 e. The van der Waals surface area contributed by atoms with Crippen LogP contribution >= 0.6 is 0 Å². The molecule has 1 heterocycles. The highest BCUT2D eigenvalue weighted by molar-refractivity contribution is 6.43. The van der Waals surface area contributed by atoms with Crippen molar-refractivity contribution in [2.75, 3.05) is 10.6 Å². The number of benzene rings is 1. The average Bonchev–Trinajstić information content (AvgIpc) is 2.49. The summed E-state index contributed by atoms with van der Waals surface area (Å²) in [5.74, 6) is -0.857. The summed E-state index contributed by atoms with van der Waals surface area (Å²) in [4.78, 5) is 28.0. The number of rotatable bonds is 3. The number of anilines is 2. The van der Waals surface area contributed by atoms with Crippen molar-refractivity contribution in [2.45, 2.75) is 26.7 Å². The monoisotopic (exact) mass is 297 g/mol. The van der Waals surface area contributed by atoms with Gasteiger partial charge in [-0.3, -0.25) is 9.59 Å². The predicted molar refractivity (Wildman–Crippen MR) is 86.8 cm³/mol. The first-order valence-corrected chi connectivity index (χ1v) is 7.12. The van der Waals surface area contributed by atoms with Crippen LogP contribution < -0.4 is 10.6 Å². The largest absolute Gasteiger partial charge is 0.317 e. The van der Waals surface area contributed by atoms with E-state index in [2.05, 4.69) is 15.6 Å². The molecule has 5 nitrogen and oxygen atoms in total. The lowest BCUT2D eigenvalue weighted by Gasteiger charge is -2.16. The fraction of sp³-hybridized carbons (Fsp3) is 0.235. The minimum absolute atomic E-state index is 0.244. The highest BCUT2D eigenvalue weighted by Gasteiger charge is 2.18. The molecule has 0 radical (unpaired) electrons. The summed E-state index contributed by atoms with van der Waals surface area (Å²) >= 11 is 0. The smallest absolute Gasteiger partial charge is 0.315 e. The van der Waals surface area contributed by atoms with Crippen molar-refractivity contribution in [1.29, 1.82) is 0 Å². The van der Waals surface area contributed by atoms with E-state index in [0.29, 0.717) is 11.5 Å². The second-order valence-electron chi connectivity index (χ2n) is 5.32. The van der Waals surface area contributed by atoms with Crippen LogP contribution in [0.3, 0.4) is 0 Å². The standard InChI is InChI=1S/C17H19N3O2/c1-11(2)13-8-6-7-12(3)15(13)20-17(22)16(21)19-14-9-4-5-10-18-14/h4-11H,1-3H3,(H,20,22)(H,18,19,21). The summed E-state index contributed by atoms with van der Waals surface area (Å²) in [7, 11) is 0. The van der Waals surface area contributed by atoms with Gasteiger partial charge in [-0.2, -0.15) is 0 Å². The third-order valence-corrected chi connectivity index (χ3v) is 3.28. The van der Waals surface area contributed by atoms with Gasteiger partial charge in [-0.25, -0.2) is 4.98 Å². The maximum absolute atomic E-state index is 12.1. The van der Waals surface area contributed by atoms with Crippen LogP contribution in [0.1, 0.15) is 30.9 Å². The Morgan fingerprint density at radius 1 is 1.00 bits per heavy atom. The number of para-hydroxylation sites is 1. The zero-order chi connectivity index (χ0) is 16.1. The van der Waals surface area contributed by atoms with E-state index >= 15 is 0 Å². The van der Waals surface area contributed by atoms with E-state index < -0.39 is 11.8 Å². The topological polar surface area (TPSA) is 71.1 Å². The Balaban J connectivity index is 2.14. The van der Waals surface area contributed by atoms with Gasteiger partial charge in [0.25, 0.3) is 0 Å². The number of nitrogens with zero attached hydrogens (tertiary/aromatic N) is 1. The third kappa shape index (κ3) is 3.69. The Bertz CT molecular complexity index is 682. The summed E-state index contributed by atoms with van der Waals surface area (Å²) in [5.41, 5.74) is 2.61. The highest BCUT2D eigenvalue weighted by Crippen LogP contribution is 2.27. The number of carbonyl (C=O) groups excluding carboxylic acids is 2. The number of hydrogen-bond acceptors (Lipinski definition) is 3. The van der Waals surface area contributed by atoms with E-state index in [1.165, 1.54) is 0 Å². The van der Waals surface area contributed by atoms with Gasteiger partial charge in [0.05, 0.1) is 0 Å². The minimum atomic E-state index is -0.739. The van der Waals surface area contributed by atoms with Crippen molar-refractivity contribution in [3.05, 3.63) is 53.7 Å². The van der Waals surface area contributed by atoms with E-state index in [1.54, 1.807) is 24.4 Å². The lowest BCUT2D eigenvalue weighted by molar-refractivity contribution is -0.133. The van der Waals surface area contributed by atoms with E-state index in [-0.39, 0.29) is 5.92 Å². The lowest BCUT2D eigenvalue weighted by Crippen LogP contribution is -2.30. The van der Waals surface area contributed by atoms with Crippen LogP contribution in [0.2, 0.25) is 0 Å². The first-order chi connectivity index (χ1) is 10.5. The molecule has 0 saturated carbocycles. The SMILES string of the molecule is Cc1cccc(C(C)C)c1NC(=O)C(=O)Nc1ccccn1. The molecule has 2 rings (SSSR count). The summed E-state index contributed by atoms with van der Waals surface area (Å²) < 4.78 is 0. The molecule has 0 aliphatic carbocycles. The van der Waals surface area contributed by atoms with Crippen LogP contribution in [0.25, 0.3) is 0 Å². The molecule has 5 heteroatoms. The number of aryl methyl sites for hydroxylation is 1. The molecular weight excluding hydrogens is 278 g/mol. The van der Waals surface area contributed by atoms with Gasteiger partial charge in [0.2, 0.25) is 0 Å². The molecule has 1 aromatic carbocycles.